The standard InChI is InChI=1S/C18H19ClO5/c1-4-6-22-11(3)18(21)23-10-13-8-17(20)24-16-7-12(5-2)15(19)9-14(13)16/h4,7-9,11H,1,5-6,10H2,2-3H3. The minimum absolute atomic E-state index is 0.0650. The van der Waals surface area contributed by atoms with Crippen LogP contribution >= 0.6 is 11.6 Å². The van der Waals surface area contributed by atoms with E-state index < -0.39 is 17.7 Å². The van der Waals surface area contributed by atoms with Crippen LogP contribution in [0.4, 0.5) is 0 Å². The highest BCUT2D eigenvalue weighted by Crippen LogP contribution is 2.26. The normalized spacial score (nSPS) is 12.1. The summed E-state index contributed by atoms with van der Waals surface area (Å²) in [5.41, 5.74) is 1.34. The van der Waals surface area contributed by atoms with Crippen LogP contribution in [0.25, 0.3) is 11.0 Å². The summed E-state index contributed by atoms with van der Waals surface area (Å²) in [4.78, 5) is 23.6. The first kappa shape index (κ1) is 18.2. The SMILES string of the molecule is C=CCOC(C)C(=O)OCc1cc(=O)oc2cc(CC)c(Cl)cc12. The molecule has 2 aromatic rings. The van der Waals surface area contributed by atoms with Gasteiger partial charge >= 0.3 is 11.6 Å². The lowest BCUT2D eigenvalue weighted by Gasteiger charge is -2.12. The maximum Gasteiger partial charge on any atom is 0.336 e. The Morgan fingerprint density at radius 3 is 2.79 bits per heavy atom. The highest BCUT2D eigenvalue weighted by Gasteiger charge is 2.16. The topological polar surface area (TPSA) is 65.7 Å². The summed E-state index contributed by atoms with van der Waals surface area (Å²) in [5, 5.41) is 1.22. The third kappa shape index (κ3) is 4.24. The van der Waals surface area contributed by atoms with Crippen molar-refractivity contribution in [3.8, 4) is 0 Å². The monoisotopic (exact) mass is 350 g/mol. The third-order valence-electron chi connectivity index (χ3n) is 3.54. The summed E-state index contributed by atoms with van der Waals surface area (Å²) < 4.78 is 15.6. The number of halogens is 1. The number of hydrogen-bond donors (Lipinski definition) is 0. The fourth-order valence-corrected chi connectivity index (χ4v) is 2.52. The van der Waals surface area contributed by atoms with Crippen LogP contribution in [0.1, 0.15) is 25.0 Å². The van der Waals surface area contributed by atoms with Crippen LogP contribution in [-0.4, -0.2) is 18.7 Å². The molecule has 5 nitrogen and oxygen atoms in total. The van der Waals surface area contributed by atoms with Gasteiger partial charge in [0.05, 0.1) is 6.61 Å². The molecular weight excluding hydrogens is 332 g/mol. The zero-order valence-corrected chi connectivity index (χ0v) is 14.4. The molecule has 0 amide bonds. The number of ether oxygens (including phenoxy) is 2. The number of fused-ring (bicyclic) bond motifs is 1. The number of rotatable bonds is 7. The van der Waals surface area contributed by atoms with Crippen LogP contribution in [0.2, 0.25) is 5.02 Å². The Labute approximate surface area is 144 Å². The van der Waals surface area contributed by atoms with E-state index in [-0.39, 0.29) is 13.2 Å². The van der Waals surface area contributed by atoms with Crippen molar-refractivity contribution < 1.29 is 18.7 Å². The van der Waals surface area contributed by atoms with Crippen molar-refractivity contribution in [1.82, 2.24) is 0 Å². The van der Waals surface area contributed by atoms with Crippen LogP contribution in [-0.2, 0) is 27.3 Å². The number of carbonyl (C=O) groups excluding carboxylic acids is 1. The molecule has 0 bridgehead atoms. The molecule has 0 spiro atoms. The molecule has 1 heterocycles. The van der Waals surface area contributed by atoms with Crippen molar-refractivity contribution in [3.05, 3.63) is 57.4 Å². The van der Waals surface area contributed by atoms with E-state index in [1.54, 1.807) is 25.1 Å². The molecule has 0 saturated heterocycles. The van der Waals surface area contributed by atoms with Gasteiger partial charge in [0.25, 0.3) is 0 Å². The Morgan fingerprint density at radius 1 is 1.38 bits per heavy atom. The zero-order valence-electron chi connectivity index (χ0n) is 13.6. The van der Waals surface area contributed by atoms with Gasteiger partial charge in [-0.3, -0.25) is 0 Å². The Kier molecular flexibility index (Phi) is 6.17. The number of hydrogen-bond acceptors (Lipinski definition) is 5. The van der Waals surface area contributed by atoms with E-state index in [1.165, 1.54) is 6.07 Å². The molecule has 0 aliphatic rings. The second-order valence-electron chi connectivity index (χ2n) is 5.26. The predicted molar refractivity (Wildman–Crippen MR) is 92.3 cm³/mol. The number of aryl methyl sites for hydroxylation is 1. The summed E-state index contributed by atoms with van der Waals surface area (Å²) >= 11 is 6.23. The van der Waals surface area contributed by atoms with Gasteiger partial charge in [-0.1, -0.05) is 24.6 Å². The molecule has 2 rings (SSSR count). The van der Waals surface area contributed by atoms with Crippen molar-refractivity contribution in [1.29, 1.82) is 0 Å². The molecule has 1 aromatic heterocycles. The first-order chi connectivity index (χ1) is 11.5. The van der Waals surface area contributed by atoms with Gasteiger partial charge < -0.3 is 13.9 Å². The van der Waals surface area contributed by atoms with Crippen molar-refractivity contribution in [2.24, 2.45) is 0 Å². The van der Waals surface area contributed by atoms with Gasteiger partial charge in [0.15, 0.2) is 6.10 Å². The second kappa shape index (κ2) is 8.13. The average Bonchev–Trinajstić information content (AvgIpc) is 2.57. The summed E-state index contributed by atoms with van der Waals surface area (Å²) in [6.07, 6.45) is 1.55. The molecule has 0 fully saturated rings. The Bertz CT molecular complexity index is 809. The average molecular weight is 351 g/mol. The van der Waals surface area contributed by atoms with Gasteiger partial charge in [-0.25, -0.2) is 9.59 Å². The molecule has 0 saturated carbocycles. The van der Waals surface area contributed by atoms with Crippen LogP contribution in [0.5, 0.6) is 0 Å². The fourth-order valence-electron chi connectivity index (χ4n) is 2.23. The van der Waals surface area contributed by atoms with Crippen molar-refractivity contribution in [2.45, 2.75) is 33.0 Å². The predicted octanol–water partition coefficient (Wildman–Crippen LogP) is 3.64. The summed E-state index contributed by atoms with van der Waals surface area (Å²) in [6.45, 7) is 7.26. The zero-order chi connectivity index (χ0) is 17.7. The Hall–Kier alpha value is -2.11. The van der Waals surface area contributed by atoms with E-state index >= 15 is 0 Å². The van der Waals surface area contributed by atoms with Crippen LogP contribution < -0.4 is 5.63 Å². The Balaban J connectivity index is 2.25. The highest BCUT2D eigenvalue weighted by atomic mass is 35.5. The number of carbonyl (C=O) groups is 1. The quantitative estimate of drug-likeness (QED) is 0.433. The molecule has 128 valence electrons. The summed E-state index contributed by atoms with van der Waals surface area (Å²) in [5.74, 6) is -0.519. The summed E-state index contributed by atoms with van der Waals surface area (Å²) in [6, 6.07) is 4.76. The van der Waals surface area contributed by atoms with E-state index in [0.29, 0.717) is 21.6 Å². The van der Waals surface area contributed by atoms with Gasteiger partial charge in [-0.2, -0.15) is 0 Å². The Morgan fingerprint density at radius 2 is 2.12 bits per heavy atom. The third-order valence-corrected chi connectivity index (χ3v) is 3.90. The molecule has 0 radical (unpaired) electrons. The van der Waals surface area contributed by atoms with Gasteiger partial charge in [0, 0.05) is 22.0 Å². The minimum Gasteiger partial charge on any atom is -0.459 e. The largest absolute Gasteiger partial charge is 0.459 e. The molecule has 0 N–H and O–H groups in total. The molecular formula is C18H19ClO5. The van der Waals surface area contributed by atoms with E-state index in [9.17, 15) is 9.59 Å². The first-order valence-electron chi connectivity index (χ1n) is 7.60. The van der Waals surface area contributed by atoms with E-state index in [4.69, 9.17) is 25.5 Å². The maximum atomic E-state index is 11.9. The molecule has 24 heavy (non-hydrogen) atoms. The van der Waals surface area contributed by atoms with Crippen molar-refractivity contribution >= 4 is 28.5 Å². The van der Waals surface area contributed by atoms with Gasteiger partial charge in [-0.05, 0) is 31.0 Å². The molecule has 0 aliphatic heterocycles. The highest BCUT2D eigenvalue weighted by molar-refractivity contribution is 6.32. The van der Waals surface area contributed by atoms with Gasteiger partial charge in [-0.15, -0.1) is 6.58 Å². The minimum atomic E-state index is -0.718. The van der Waals surface area contributed by atoms with Gasteiger partial charge in [0.2, 0.25) is 0 Å². The van der Waals surface area contributed by atoms with Gasteiger partial charge in [0.1, 0.15) is 12.2 Å². The van der Waals surface area contributed by atoms with Crippen molar-refractivity contribution in [3.63, 3.8) is 0 Å². The first-order valence-corrected chi connectivity index (χ1v) is 7.98. The second-order valence-corrected chi connectivity index (χ2v) is 5.66. The van der Waals surface area contributed by atoms with E-state index in [1.807, 2.05) is 6.92 Å². The lowest BCUT2D eigenvalue weighted by Crippen LogP contribution is -2.23. The number of benzene rings is 1. The molecule has 0 aliphatic carbocycles. The van der Waals surface area contributed by atoms with Crippen LogP contribution in [0, 0.1) is 0 Å². The summed E-state index contributed by atoms with van der Waals surface area (Å²) in [7, 11) is 0. The molecule has 1 atom stereocenters. The van der Waals surface area contributed by atoms with E-state index in [2.05, 4.69) is 6.58 Å². The van der Waals surface area contributed by atoms with E-state index in [0.717, 1.165) is 12.0 Å². The lowest BCUT2D eigenvalue weighted by molar-refractivity contribution is -0.156. The molecule has 1 unspecified atom stereocenters. The van der Waals surface area contributed by atoms with Crippen molar-refractivity contribution in [2.75, 3.05) is 6.61 Å². The van der Waals surface area contributed by atoms with Crippen LogP contribution in [0.3, 0.4) is 0 Å². The lowest BCUT2D eigenvalue weighted by atomic mass is 10.1. The maximum absolute atomic E-state index is 11.9. The molecule has 1 aromatic carbocycles. The molecule has 6 heteroatoms. The fraction of sp³-hybridized carbons (Fsp3) is 0.333. The van der Waals surface area contributed by atoms with Crippen LogP contribution in [0.15, 0.2) is 40.1 Å². The smallest absolute Gasteiger partial charge is 0.336 e. The number of esters is 1.